The zero-order valence-electron chi connectivity index (χ0n) is 16.6. The van der Waals surface area contributed by atoms with Crippen LogP contribution in [-0.4, -0.2) is 37.2 Å². The van der Waals surface area contributed by atoms with Gasteiger partial charge in [-0.25, -0.2) is 0 Å². The summed E-state index contributed by atoms with van der Waals surface area (Å²) in [6.45, 7) is 2.00. The molecule has 4 nitrogen and oxygen atoms in total. The SMILES string of the molecule is CN[C@H](C(=O)CN[C@@H](CC1CCC1)C(C)=O)C12CC3CC(CC(C3)C1)C2. The lowest BCUT2D eigenvalue weighted by Gasteiger charge is -2.59. The Kier molecular flexibility index (Phi) is 5.26. The second kappa shape index (κ2) is 7.35. The van der Waals surface area contributed by atoms with Crippen molar-refractivity contribution >= 4 is 11.6 Å². The molecule has 0 aromatic heterocycles. The Bertz CT molecular complexity index is 519. The number of carbonyl (C=O) groups excluding carboxylic acids is 2. The average molecular weight is 361 g/mol. The van der Waals surface area contributed by atoms with E-state index in [1.54, 1.807) is 6.92 Å². The molecule has 26 heavy (non-hydrogen) atoms. The number of rotatable bonds is 9. The van der Waals surface area contributed by atoms with Gasteiger partial charge in [0.15, 0.2) is 5.78 Å². The molecule has 0 aromatic rings. The van der Waals surface area contributed by atoms with Crippen LogP contribution in [0.15, 0.2) is 0 Å². The Hall–Kier alpha value is -0.740. The lowest BCUT2D eigenvalue weighted by Crippen LogP contribution is -2.59. The zero-order chi connectivity index (χ0) is 18.3. The standard InChI is InChI=1S/C22H36N2O2/c1-14(25)19(9-15-4-3-5-15)24-13-20(26)21(23-2)22-10-16-6-17(11-22)8-18(7-16)12-22/h15-19,21,23-24H,3-13H2,1-2H3/t16?,17?,18?,19-,21+,22?/m0/s1. The van der Waals surface area contributed by atoms with Gasteiger partial charge in [0.2, 0.25) is 0 Å². The van der Waals surface area contributed by atoms with E-state index in [2.05, 4.69) is 10.6 Å². The van der Waals surface area contributed by atoms with Gasteiger partial charge in [-0.3, -0.25) is 9.59 Å². The highest BCUT2D eigenvalue weighted by molar-refractivity contribution is 5.88. The van der Waals surface area contributed by atoms with Crippen molar-refractivity contribution in [1.29, 1.82) is 0 Å². The van der Waals surface area contributed by atoms with Gasteiger partial charge < -0.3 is 10.6 Å². The molecule has 0 amide bonds. The van der Waals surface area contributed by atoms with Crippen molar-refractivity contribution in [3.05, 3.63) is 0 Å². The number of hydrogen-bond donors (Lipinski definition) is 2. The number of nitrogens with one attached hydrogen (secondary N) is 2. The monoisotopic (exact) mass is 360 g/mol. The maximum atomic E-state index is 13.1. The van der Waals surface area contributed by atoms with Crippen molar-refractivity contribution < 1.29 is 9.59 Å². The van der Waals surface area contributed by atoms with Crippen molar-refractivity contribution in [2.45, 2.75) is 83.2 Å². The molecule has 2 atom stereocenters. The van der Waals surface area contributed by atoms with Gasteiger partial charge in [0, 0.05) is 0 Å². The summed E-state index contributed by atoms with van der Waals surface area (Å²) in [7, 11) is 1.96. The van der Waals surface area contributed by atoms with E-state index in [4.69, 9.17) is 0 Å². The largest absolute Gasteiger partial charge is 0.310 e. The van der Waals surface area contributed by atoms with E-state index < -0.39 is 0 Å². The number of hydrogen-bond acceptors (Lipinski definition) is 4. The van der Waals surface area contributed by atoms with Gasteiger partial charge in [0.1, 0.15) is 5.78 Å². The molecule has 5 saturated carbocycles. The Morgan fingerprint density at radius 1 is 1.04 bits per heavy atom. The maximum Gasteiger partial charge on any atom is 0.164 e. The molecule has 0 aromatic carbocycles. The van der Waals surface area contributed by atoms with Gasteiger partial charge in [0.05, 0.1) is 18.6 Å². The van der Waals surface area contributed by atoms with Crippen LogP contribution in [0.4, 0.5) is 0 Å². The minimum atomic E-state index is -0.141. The van der Waals surface area contributed by atoms with E-state index in [0.717, 1.165) is 24.2 Å². The van der Waals surface area contributed by atoms with Gasteiger partial charge in [0.25, 0.3) is 0 Å². The molecule has 5 rings (SSSR count). The minimum absolute atomic E-state index is 0.0419. The fraction of sp³-hybridized carbons (Fsp3) is 0.909. The predicted molar refractivity (Wildman–Crippen MR) is 103 cm³/mol. The summed E-state index contributed by atoms with van der Waals surface area (Å²) < 4.78 is 0. The van der Waals surface area contributed by atoms with Gasteiger partial charge in [-0.1, -0.05) is 19.3 Å². The molecule has 5 fully saturated rings. The summed E-state index contributed by atoms with van der Waals surface area (Å²) in [5, 5.41) is 6.73. The van der Waals surface area contributed by atoms with Crippen molar-refractivity contribution in [1.82, 2.24) is 10.6 Å². The normalized spacial score (nSPS) is 38.0. The molecule has 4 bridgehead atoms. The van der Waals surface area contributed by atoms with E-state index >= 15 is 0 Å². The van der Waals surface area contributed by atoms with Crippen molar-refractivity contribution in [2.24, 2.45) is 29.1 Å². The van der Waals surface area contributed by atoms with Gasteiger partial charge in [-0.15, -0.1) is 0 Å². The quantitative estimate of drug-likeness (QED) is 0.663. The first kappa shape index (κ1) is 18.6. The molecule has 5 aliphatic carbocycles. The highest BCUT2D eigenvalue weighted by atomic mass is 16.1. The third kappa shape index (κ3) is 3.52. The number of ketones is 2. The molecule has 146 valence electrons. The summed E-state index contributed by atoms with van der Waals surface area (Å²) >= 11 is 0. The summed E-state index contributed by atoms with van der Waals surface area (Å²) in [5.41, 5.74) is 0.182. The smallest absolute Gasteiger partial charge is 0.164 e. The van der Waals surface area contributed by atoms with E-state index in [-0.39, 0.29) is 29.1 Å². The molecule has 4 heteroatoms. The van der Waals surface area contributed by atoms with Gasteiger partial charge >= 0.3 is 0 Å². The predicted octanol–water partition coefficient (Wildman–Crippen LogP) is 3.10. The van der Waals surface area contributed by atoms with E-state index in [1.165, 1.54) is 57.8 Å². The van der Waals surface area contributed by atoms with Crippen LogP contribution in [0.2, 0.25) is 0 Å². The summed E-state index contributed by atoms with van der Waals surface area (Å²) in [6.07, 6.45) is 12.6. The fourth-order valence-corrected chi connectivity index (χ4v) is 7.12. The maximum absolute atomic E-state index is 13.1. The van der Waals surface area contributed by atoms with Crippen molar-refractivity contribution in [3.63, 3.8) is 0 Å². The van der Waals surface area contributed by atoms with E-state index in [9.17, 15) is 9.59 Å². The third-order valence-electron chi connectivity index (χ3n) is 8.12. The highest BCUT2D eigenvalue weighted by Crippen LogP contribution is 2.61. The fourth-order valence-electron chi connectivity index (χ4n) is 7.12. The van der Waals surface area contributed by atoms with Crippen molar-refractivity contribution in [2.75, 3.05) is 13.6 Å². The Labute approximate surface area is 158 Å². The molecule has 0 heterocycles. The third-order valence-corrected chi connectivity index (χ3v) is 8.12. The van der Waals surface area contributed by atoms with E-state index in [1.807, 2.05) is 7.05 Å². The topological polar surface area (TPSA) is 58.2 Å². The van der Waals surface area contributed by atoms with Crippen LogP contribution in [0.1, 0.15) is 71.1 Å². The van der Waals surface area contributed by atoms with Crippen LogP contribution in [-0.2, 0) is 9.59 Å². The van der Waals surface area contributed by atoms with E-state index in [0.29, 0.717) is 12.5 Å². The number of Topliss-reactive ketones (excluding diaryl/α,β-unsaturated/α-hetero) is 2. The van der Waals surface area contributed by atoms with Crippen molar-refractivity contribution in [3.8, 4) is 0 Å². The first-order chi connectivity index (χ1) is 12.5. The second-order valence-electron chi connectivity index (χ2n) is 10.0. The molecule has 0 radical (unpaired) electrons. The Balaban J connectivity index is 1.38. The molecule has 2 N–H and O–H groups in total. The minimum Gasteiger partial charge on any atom is -0.310 e. The molecule has 0 spiro atoms. The first-order valence-electron chi connectivity index (χ1n) is 10.9. The average Bonchev–Trinajstić information content (AvgIpc) is 2.51. The highest BCUT2D eigenvalue weighted by Gasteiger charge is 2.55. The van der Waals surface area contributed by atoms with Crippen LogP contribution in [0.3, 0.4) is 0 Å². The summed E-state index contributed by atoms with van der Waals surface area (Å²) in [6, 6.07) is -0.183. The molecule has 5 aliphatic rings. The van der Waals surface area contributed by atoms with Gasteiger partial charge in [-0.2, -0.15) is 0 Å². The van der Waals surface area contributed by atoms with Crippen LogP contribution in [0.5, 0.6) is 0 Å². The first-order valence-corrected chi connectivity index (χ1v) is 10.9. The second-order valence-corrected chi connectivity index (χ2v) is 10.0. The molecular formula is C22H36N2O2. The van der Waals surface area contributed by atoms with Crippen LogP contribution in [0, 0.1) is 29.1 Å². The Morgan fingerprint density at radius 3 is 2.04 bits per heavy atom. The number of carbonyl (C=O) groups is 2. The molecule has 0 saturated heterocycles. The summed E-state index contributed by atoms with van der Waals surface area (Å²) in [5.74, 6) is 3.67. The molecular weight excluding hydrogens is 324 g/mol. The summed E-state index contributed by atoms with van der Waals surface area (Å²) in [4.78, 5) is 25.2. The van der Waals surface area contributed by atoms with Crippen LogP contribution in [0.25, 0.3) is 0 Å². The molecule has 0 aliphatic heterocycles. The van der Waals surface area contributed by atoms with Crippen LogP contribution < -0.4 is 10.6 Å². The number of likely N-dealkylation sites (N-methyl/N-ethyl adjacent to an activating group) is 1. The lowest BCUT2D eigenvalue weighted by molar-refractivity contribution is -0.132. The zero-order valence-corrected chi connectivity index (χ0v) is 16.6. The van der Waals surface area contributed by atoms with Gasteiger partial charge in [-0.05, 0) is 88.0 Å². The van der Waals surface area contributed by atoms with Crippen LogP contribution >= 0.6 is 0 Å². The Morgan fingerprint density at radius 2 is 1.62 bits per heavy atom. The lowest BCUT2D eigenvalue weighted by atomic mass is 9.47. The molecule has 0 unspecified atom stereocenters.